The van der Waals surface area contributed by atoms with Crippen molar-refractivity contribution in [3.63, 3.8) is 0 Å². The molecule has 14 heavy (non-hydrogen) atoms. The number of hydrogen-bond acceptors (Lipinski definition) is 1. The highest BCUT2D eigenvalue weighted by atomic mass is 15.0. The molecule has 2 unspecified atom stereocenters. The van der Waals surface area contributed by atoms with E-state index in [4.69, 9.17) is 0 Å². The van der Waals surface area contributed by atoms with Crippen LogP contribution >= 0.6 is 0 Å². The lowest BCUT2D eigenvalue weighted by Gasteiger charge is -2.31. The van der Waals surface area contributed by atoms with Crippen LogP contribution in [0.3, 0.4) is 0 Å². The molecule has 0 bridgehead atoms. The van der Waals surface area contributed by atoms with Crippen molar-refractivity contribution < 1.29 is 0 Å². The standard InChI is InChI=1S/C13H27N/c1-3-5-6-9-13-11-7-10-12(14-13)8-4-2/h12-14H,3-11H2,1-2H3. The first-order valence-corrected chi connectivity index (χ1v) is 6.62. The average Bonchev–Trinajstić information content (AvgIpc) is 2.19. The van der Waals surface area contributed by atoms with Crippen LogP contribution in [0.5, 0.6) is 0 Å². The van der Waals surface area contributed by atoms with Gasteiger partial charge in [-0.25, -0.2) is 0 Å². The van der Waals surface area contributed by atoms with Gasteiger partial charge in [0.05, 0.1) is 0 Å². The summed E-state index contributed by atoms with van der Waals surface area (Å²) in [6, 6.07) is 1.67. The van der Waals surface area contributed by atoms with Gasteiger partial charge in [0.2, 0.25) is 0 Å². The van der Waals surface area contributed by atoms with Crippen LogP contribution in [0.2, 0.25) is 0 Å². The van der Waals surface area contributed by atoms with Gasteiger partial charge in [0.1, 0.15) is 0 Å². The van der Waals surface area contributed by atoms with Gasteiger partial charge < -0.3 is 5.32 Å². The molecule has 0 aliphatic carbocycles. The maximum Gasteiger partial charge on any atom is 0.00696 e. The van der Waals surface area contributed by atoms with E-state index in [-0.39, 0.29) is 0 Å². The summed E-state index contributed by atoms with van der Waals surface area (Å²) in [6.45, 7) is 4.58. The Morgan fingerprint density at radius 1 is 0.929 bits per heavy atom. The second kappa shape index (κ2) is 7.28. The topological polar surface area (TPSA) is 12.0 Å². The first-order valence-electron chi connectivity index (χ1n) is 6.62. The predicted molar refractivity (Wildman–Crippen MR) is 63.6 cm³/mol. The molecular weight excluding hydrogens is 170 g/mol. The van der Waals surface area contributed by atoms with Crippen LogP contribution in [-0.2, 0) is 0 Å². The van der Waals surface area contributed by atoms with Crippen LogP contribution in [0.4, 0.5) is 0 Å². The Hall–Kier alpha value is -0.0400. The summed E-state index contributed by atoms with van der Waals surface area (Å²) in [4.78, 5) is 0. The monoisotopic (exact) mass is 197 g/mol. The molecule has 84 valence electrons. The maximum atomic E-state index is 3.81. The Balaban J connectivity index is 2.12. The van der Waals surface area contributed by atoms with E-state index in [1.807, 2.05) is 0 Å². The zero-order chi connectivity index (χ0) is 10.2. The molecular formula is C13H27N. The predicted octanol–water partition coefficient (Wildman–Crippen LogP) is 3.88. The molecule has 2 atom stereocenters. The van der Waals surface area contributed by atoms with Gasteiger partial charge in [-0.2, -0.15) is 0 Å². The Kier molecular flexibility index (Phi) is 6.25. The lowest BCUT2D eigenvalue weighted by molar-refractivity contribution is 0.290. The normalized spacial score (nSPS) is 27.9. The summed E-state index contributed by atoms with van der Waals surface area (Å²) in [7, 11) is 0. The minimum Gasteiger partial charge on any atom is -0.311 e. The van der Waals surface area contributed by atoms with Crippen molar-refractivity contribution in [2.75, 3.05) is 0 Å². The smallest absolute Gasteiger partial charge is 0.00696 e. The maximum absolute atomic E-state index is 3.81. The summed E-state index contributed by atoms with van der Waals surface area (Å²) in [5.74, 6) is 0. The fourth-order valence-electron chi connectivity index (χ4n) is 2.56. The van der Waals surface area contributed by atoms with E-state index in [1.54, 1.807) is 0 Å². The van der Waals surface area contributed by atoms with Crippen molar-refractivity contribution >= 4 is 0 Å². The number of unbranched alkanes of at least 4 members (excludes halogenated alkanes) is 2. The van der Waals surface area contributed by atoms with Crippen molar-refractivity contribution in [3.8, 4) is 0 Å². The highest BCUT2D eigenvalue weighted by molar-refractivity contribution is 4.79. The third-order valence-electron chi connectivity index (χ3n) is 3.37. The fraction of sp³-hybridized carbons (Fsp3) is 1.00. The molecule has 1 N–H and O–H groups in total. The van der Waals surface area contributed by atoms with Crippen LogP contribution in [-0.4, -0.2) is 12.1 Å². The highest BCUT2D eigenvalue weighted by Crippen LogP contribution is 2.19. The number of piperidine rings is 1. The van der Waals surface area contributed by atoms with E-state index in [2.05, 4.69) is 19.2 Å². The van der Waals surface area contributed by atoms with Crippen molar-refractivity contribution in [2.45, 2.75) is 83.7 Å². The lowest BCUT2D eigenvalue weighted by atomic mass is 9.93. The van der Waals surface area contributed by atoms with Gasteiger partial charge in [0.25, 0.3) is 0 Å². The molecule has 0 aromatic rings. The highest BCUT2D eigenvalue weighted by Gasteiger charge is 2.19. The molecule has 1 fully saturated rings. The Bertz CT molecular complexity index is 131. The summed E-state index contributed by atoms with van der Waals surface area (Å²) >= 11 is 0. The second-order valence-corrected chi connectivity index (χ2v) is 4.78. The second-order valence-electron chi connectivity index (χ2n) is 4.78. The van der Waals surface area contributed by atoms with E-state index >= 15 is 0 Å². The van der Waals surface area contributed by atoms with E-state index in [9.17, 15) is 0 Å². The van der Waals surface area contributed by atoms with Crippen molar-refractivity contribution in [1.82, 2.24) is 5.32 Å². The molecule has 1 aliphatic rings. The summed E-state index contributed by atoms with van der Waals surface area (Å²) in [6.07, 6.45) is 12.6. The first kappa shape index (κ1) is 12.0. The van der Waals surface area contributed by atoms with Crippen LogP contribution < -0.4 is 5.32 Å². The van der Waals surface area contributed by atoms with Crippen molar-refractivity contribution in [1.29, 1.82) is 0 Å². The number of hydrogen-bond donors (Lipinski definition) is 1. The Morgan fingerprint density at radius 3 is 2.29 bits per heavy atom. The van der Waals surface area contributed by atoms with E-state index in [1.165, 1.54) is 57.8 Å². The van der Waals surface area contributed by atoms with E-state index in [0.717, 1.165) is 12.1 Å². The molecule has 1 aliphatic heterocycles. The van der Waals surface area contributed by atoms with Gasteiger partial charge >= 0.3 is 0 Å². The first-order chi connectivity index (χ1) is 6.86. The summed E-state index contributed by atoms with van der Waals surface area (Å²) in [5, 5.41) is 3.81. The molecule has 0 spiro atoms. The average molecular weight is 197 g/mol. The molecule has 0 radical (unpaired) electrons. The SMILES string of the molecule is CCCCCC1CCCC(CCC)N1. The van der Waals surface area contributed by atoms with Crippen LogP contribution in [0.15, 0.2) is 0 Å². The van der Waals surface area contributed by atoms with Crippen molar-refractivity contribution in [2.24, 2.45) is 0 Å². The summed E-state index contributed by atoms with van der Waals surface area (Å²) < 4.78 is 0. The molecule has 1 rings (SSSR count). The van der Waals surface area contributed by atoms with Crippen LogP contribution in [0.25, 0.3) is 0 Å². The summed E-state index contributed by atoms with van der Waals surface area (Å²) in [5.41, 5.74) is 0. The molecule has 1 heterocycles. The largest absolute Gasteiger partial charge is 0.311 e. The van der Waals surface area contributed by atoms with Gasteiger partial charge in [0, 0.05) is 12.1 Å². The number of rotatable bonds is 6. The van der Waals surface area contributed by atoms with Gasteiger partial charge in [-0.3, -0.25) is 0 Å². The zero-order valence-electron chi connectivity index (χ0n) is 10.0. The number of nitrogens with one attached hydrogen (secondary N) is 1. The molecule has 0 saturated carbocycles. The quantitative estimate of drug-likeness (QED) is 0.637. The lowest BCUT2D eigenvalue weighted by Crippen LogP contribution is -2.42. The van der Waals surface area contributed by atoms with E-state index in [0.29, 0.717) is 0 Å². The molecule has 0 amide bonds. The van der Waals surface area contributed by atoms with Crippen LogP contribution in [0, 0.1) is 0 Å². The third kappa shape index (κ3) is 4.45. The van der Waals surface area contributed by atoms with E-state index < -0.39 is 0 Å². The van der Waals surface area contributed by atoms with Gasteiger partial charge in [-0.05, 0) is 25.7 Å². The molecule has 1 heteroatoms. The fourth-order valence-corrected chi connectivity index (χ4v) is 2.56. The molecule has 0 aromatic carbocycles. The third-order valence-corrected chi connectivity index (χ3v) is 3.37. The van der Waals surface area contributed by atoms with Gasteiger partial charge in [0.15, 0.2) is 0 Å². The molecule has 1 saturated heterocycles. The van der Waals surface area contributed by atoms with Gasteiger partial charge in [-0.15, -0.1) is 0 Å². The Morgan fingerprint density at radius 2 is 1.64 bits per heavy atom. The molecule has 1 nitrogen and oxygen atoms in total. The Labute approximate surface area is 89.7 Å². The zero-order valence-corrected chi connectivity index (χ0v) is 10.0. The molecule has 0 aromatic heterocycles. The van der Waals surface area contributed by atoms with Crippen LogP contribution in [0.1, 0.15) is 71.6 Å². The minimum absolute atomic E-state index is 0.834. The minimum atomic E-state index is 0.834. The van der Waals surface area contributed by atoms with Crippen molar-refractivity contribution in [3.05, 3.63) is 0 Å². The van der Waals surface area contributed by atoms with Gasteiger partial charge in [-0.1, -0.05) is 46.0 Å².